The lowest BCUT2D eigenvalue weighted by Gasteiger charge is -2.00. The van der Waals surface area contributed by atoms with E-state index < -0.39 is 0 Å². The zero-order valence-electron chi connectivity index (χ0n) is 14.3. The summed E-state index contributed by atoms with van der Waals surface area (Å²) in [7, 11) is 0. The van der Waals surface area contributed by atoms with Gasteiger partial charge in [-0.05, 0) is 29.3 Å². The highest BCUT2D eigenvalue weighted by molar-refractivity contribution is 8.03. The van der Waals surface area contributed by atoms with E-state index in [4.69, 9.17) is 23.2 Å². The van der Waals surface area contributed by atoms with Gasteiger partial charge in [0.25, 0.3) is 5.91 Å². The Labute approximate surface area is 184 Å². The van der Waals surface area contributed by atoms with Crippen LogP contribution in [0.15, 0.2) is 62.3 Å². The Kier molecular flexibility index (Phi) is 8.17. The van der Waals surface area contributed by atoms with Gasteiger partial charge in [0.05, 0.1) is 12.0 Å². The number of carbonyl (C=O) groups excluding carboxylic acids is 1. The SMILES string of the molecule is O=C(CSc1nnc(SCc2ccccc2Cl)s1)NN=Cc1ccc(Cl)cc1. The average Bonchev–Trinajstić information content (AvgIpc) is 3.15. The maximum Gasteiger partial charge on any atom is 0.250 e. The molecule has 0 saturated carbocycles. The number of aromatic nitrogens is 2. The van der Waals surface area contributed by atoms with Crippen LogP contribution in [-0.4, -0.2) is 28.1 Å². The standard InChI is InChI=1S/C18H14Cl2N4OS3/c19-14-7-5-12(6-8-14)9-21-22-16(25)11-27-18-24-23-17(28-18)26-10-13-3-1-2-4-15(13)20/h1-9H,10-11H2,(H,22,25). The highest BCUT2D eigenvalue weighted by Gasteiger charge is 2.09. The lowest BCUT2D eigenvalue weighted by molar-refractivity contribution is -0.118. The Balaban J connectivity index is 1.41. The summed E-state index contributed by atoms with van der Waals surface area (Å²) >= 11 is 16.3. The number of rotatable bonds is 8. The first kappa shape index (κ1) is 21.1. The minimum atomic E-state index is -0.212. The summed E-state index contributed by atoms with van der Waals surface area (Å²) in [5.41, 5.74) is 4.39. The number of benzene rings is 2. The first-order valence-electron chi connectivity index (χ1n) is 8.00. The minimum absolute atomic E-state index is 0.210. The molecule has 3 aromatic rings. The van der Waals surface area contributed by atoms with Crippen LogP contribution in [0.5, 0.6) is 0 Å². The summed E-state index contributed by atoms with van der Waals surface area (Å²) in [4.78, 5) is 11.9. The molecule has 0 aliphatic carbocycles. The van der Waals surface area contributed by atoms with Crippen LogP contribution in [0.3, 0.4) is 0 Å². The first-order valence-corrected chi connectivity index (χ1v) is 11.5. The first-order chi connectivity index (χ1) is 13.6. The van der Waals surface area contributed by atoms with Crippen molar-refractivity contribution < 1.29 is 4.79 Å². The van der Waals surface area contributed by atoms with Gasteiger partial charge in [-0.2, -0.15) is 5.10 Å². The maximum absolute atomic E-state index is 11.9. The molecule has 1 amide bonds. The van der Waals surface area contributed by atoms with Gasteiger partial charge in [-0.3, -0.25) is 4.79 Å². The third-order valence-electron chi connectivity index (χ3n) is 3.30. The maximum atomic E-state index is 11.9. The van der Waals surface area contributed by atoms with Crippen molar-refractivity contribution in [3.05, 3.63) is 69.7 Å². The van der Waals surface area contributed by atoms with Crippen LogP contribution in [0.1, 0.15) is 11.1 Å². The molecule has 0 fully saturated rings. The fourth-order valence-electron chi connectivity index (χ4n) is 1.96. The summed E-state index contributed by atoms with van der Waals surface area (Å²) < 4.78 is 1.57. The fraction of sp³-hybridized carbons (Fsp3) is 0.111. The summed E-state index contributed by atoms with van der Waals surface area (Å²) in [6.45, 7) is 0. The predicted octanol–water partition coefficient (Wildman–Crippen LogP) is 5.38. The summed E-state index contributed by atoms with van der Waals surface area (Å²) in [6, 6.07) is 14.9. The molecule has 144 valence electrons. The Morgan fingerprint density at radius 1 is 1.07 bits per heavy atom. The van der Waals surface area contributed by atoms with Gasteiger partial charge in [-0.15, -0.1) is 10.2 Å². The van der Waals surface area contributed by atoms with Gasteiger partial charge in [-0.25, -0.2) is 5.43 Å². The molecular formula is C18H14Cl2N4OS3. The van der Waals surface area contributed by atoms with Crippen molar-refractivity contribution in [1.29, 1.82) is 0 Å². The summed E-state index contributed by atoms with van der Waals surface area (Å²) in [5, 5.41) is 13.6. The van der Waals surface area contributed by atoms with E-state index in [1.54, 1.807) is 30.1 Å². The zero-order chi connectivity index (χ0) is 19.8. The molecule has 1 heterocycles. The Hall–Kier alpha value is -1.58. The lowest BCUT2D eigenvalue weighted by atomic mass is 10.2. The van der Waals surface area contributed by atoms with Crippen LogP contribution in [0.25, 0.3) is 0 Å². The highest BCUT2D eigenvalue weighted by atomic mass is 35.5. The van der Waals surface area contributed by atoms with Crippen molar-refractivity contribution in [2.75, 3.05) is 5.75 Å². The molecule has 0 atom stereocenters. The molecule has 0 spiro atoms. The number of halogens is 2. The van der Waals surface area contributed by atoms with Crippen LogP contribution in [0, 0.1) is 0 Å². The largest absolute Gasteiger partial charge is 0.272 e. The van der Waals surface area contributed by atoms with Gasteiger partial charge in [0, 0.05) is 15.8 Å². The monoisotopic (exact) mass is 468 g/mol. The van der Waals surface area contributed by atoms with Crippen molar-refractivity contribution >= 4 is 70.2 Å². The molecule has 0 unspecified atom stereocenters. The molecule has 3 rings (SSSR count). The molecular weight excluding hydrogens is 455 g/mol. The van der Waals surface area contributed by atoms with Crippen LogP contribution in [0.2, 0.25) is 10.0 Å². The molecule has 10 heteroatoms. The van der Waals surface area contributed by atoms with Crippen molar-refractivity contribution in [2.45, 2.75) is 14.4 Å². The van der Waals surface area contributed by atoms with Gasteiger partial charge < -0.3 is 0 Å². The van der Waals surface area contributed by atoms with E-state index in [0.29, 0.717) is 5.02 Å². The highest BCUT2D eigenvalue weighted by Crippen LogP contribution is 2.32. The second kappa shape index (κ2) is 10.8. The smallest absolute Gasteiger partial charge is 0.250 e. The second-order valence-electron chi connectivity index (χ2n) is 5.35. The fourth-order valence-corrected chi connectivity index (χ4v) is 5.18. The van der Waals surface area contributed by atoms with Gasteiger partial charge in [0.2, 0.25) is 0 Å². The number of carbonyl (C=O) groups is 1. The van der Waals surface area contributed by atoms with Gasteiger partial charge in [0.15, 0.2) is 8.68 Å². The van der Waals surface area contributed by atoms with Crippen LogP contribution >= 0.6 is 58.1 Å². The van der Waals surface area contributed by atoms with E-state index in [-0.39, 0.29) is 11.7 Å². The third kappa shape index (κ3) is 6.79. The van der Waals surface area contributed by atoms with Crippen LogP contribution < -0.4 is 5.43 Å². The van der Waals surface area contributed by atoms with E-state index in [9.17, 15) is 4.79 Å². The Morgan fingerprint density at radius 2 is 1.79 bits per heavy atom. The van der Waals surface area contributed by atoms with Crippen molar-refractivity contribution in [3.8, 4) is 0 Å². The van der Waals surface area contributed by atoms with Gasteiger partial charge >= 0.3 is 0 Å². The molecule has 0 radical (unpaired) electrons. The summed E-state index contributed by atoms with van der Waals surface area (Å²) in [5.74, 6) is 0.719. The average molecular weight is 469 g/mol. The van der Waals surface area contributed by atoms with Gasteiger partial charge in [-0.1, -0.05) is 88.4 Å². The quantitative estimate of drug-likeness (QED) is 0.273. The van der Waals surface area contributed by atoms with Crippen LogP contribution in [-0.2, 0) is 10.5 Å². The second-order valence-corrected chi connectivity index (χ2v) is 9.61. The number of amides is 1. The minimum Gasteiger partial charge on any atom is -0.272 e. The van der Waals surface area contributed by atoms with Crippen molar-refractivity contribution in [2.24, 2.45) is 5.10 Å². The number of hydrogen-bond donors (Lipinski definition) is 1. The lowest BCUT2D eigenvalue weighted by Crippen LogP contribution is -2.19. The van der Waals surface area contributed by atoms with Crippen molar-refractivity contribution in [3.63, 3.8) is 0 Å². The van der Waals surface area contributed by atoms with E-state index in [0.717, 1.165) is 30.6 Å². The van der Waals surface area contributed by atoms with E-state index in [1.165, 1.54) is 23.1 Å². The Bertz CT molecular complexity index is 963. The number of nitrogens with zero attached hydrogens (tertiary/aromatic N) is 3. The molecule has 5 nitrogen and oxygen atoms in total. The number of hydrazone groups is 1. The molecule has 28 heavy (non-hydrogen) atoms. The normalized spacial score (nSPS) is 11.1. The number of nitrogens with one attached hydrogen (secondary N) is 1. The molecule has 1 N–H and O–H groups in total. The summed E-state index contributed by atoms with van der Waals surface area (Å²) in [6.07, 6.45) is 1.56. The molecule has 0 aliphatic heterocycles. The molecule has 0 saturated heterocycles. The topological polar surface area (TPSA) is 67.2 Å². The van der Waals surface area contributed by atoms with Crippen LogP contribution in [0.4, 0.5) is 0 Å². The molecule has 0 aliphatic rings. The van der Waals surface area contributed by atoms with Gasteiger partial charge in [0.1, 0.15) is 0 Å². The molecule has 0 bridgehead atoms. The Morgan fingerprint density at radius 3 is 2.54 bits per heavy atom. The predicted molar refractivity (Wildman–Crippen MR) is 119 cm³/mol. The number of hydrogen-bond acceptors (Lipinski definition) is 7. The molecule has 2 aromatic carbocycles. The van der Waals surface area contributed by atoms with E-state index in [2.05, 4.69) is 20.7 Å². The van der Waals surface area contributed by atoms with E-state index >= 15 is 0 Å². The zero-order valence-corrected chi connectivity index (χ0v) is 18.3. The molecule has 1 aromatic heterocycles. The third-order valence-corrected chi connectivity index (χ3v) is 7.16. The van der Waals surface area contributed by atoms with E-state index in [1.807, 2.05) is 36.4 Å². The van der Waals surface area contributed by atoms with Crippen molar-refractivity contribution in [1.82, 2.24) is 15.6 Å². The number of thioether (sulfide) groups is 2.